The van der Waals surface area contributed by atoms with Gasteiger partial charge >= 0.3 is 0 Å². The smallest absolute Gasteiger partial charge is 0.129 e. The molecular formula is C5H6N4. The monoisotopic (exact) mass is 122 g/mol. The lowest BCUT2D eigenvalue weighted by Gasteiger charge is -2.12. The molecule has 46 valence electrons. The van der Waals surface area contributed by atoms with E-state index in [-0.39, 0.29) is 0 Å². The van der Waals surface area contributed by atoms with Gasteiger partial charge in [-0.05, 0) is 0 Å². The number of hydrogen-bond acceptors (Lipinski definition) is 4. The molecular weight excluding hydrogens is 116 g/mol. The maximum atomic E-state index is 3.94. The fourth-order valence-corrected chi connectivity index (χ4v) is 0.655. The molecule has 4 heteroatoms. The van der Waals surface area contributed by atoms with Crippen LogP contribution in [0.4, 0.5) is 0 Å². The highest BCUT2D eigenvalue weighted by Crippen LogP contribution is 2.07. The molecule has 0 fully saturated rings. The first-order valence-corrected chi connectivity index (χ1v) is 2.72. The standard InChI is InChI=1S/C5H6N4/c1-5(8-1)9-3-6-2-7-4-9/h1-3,8H,4H2. The van der Waals surface area contributed by atoms with Crippen LogP contribution in [0.15, 0.2) is 22.0 Å². The van der Waals surface area contributed by atoms with Crippen LogP contribution < -0.4 is 5.32 Å². The Morgan fingerprint density at radius 1 is 1.67 bits per heavy atom. The van der Waals surface area contributed by atoms with E-state index >= 15 is 0 Å². The molecule has 2 heterocycles. The van der Waals surface area contributed by atoms with Gasteiger partial charge in [0.05, 0.1) is 6.34 Å². The second kappa shape index (κ2) is 1.58. The van der Waals surface area contributed by atoms with Crippen LogP contribution in [0.2, 0.25) is 0 Å². The Kier molecular flexibility index (Phi) is 0.798. The van der Waals surface area contributed by atoms with Crippen LogP contribution in [0.25, 0.3) is 0 Å². The van der Waals surface area contributed by atoms with Gasteiger partial charge in [0.1, 0.15) is 18.8 Å². The van der Waals surface area contributed by atoms with E-state index < -0.39 is 0 Å². The molecule has 0 saturated heterocycles. The third-order valence-electron chi connectivity index (χ3n) is 1.17. The van der Waals surface area contributed by atoms with Crippen molar-refractivity contribution >= 4 is 12.7 Å². The minimum atomic E-state index is 0.683. The molecule has 0 bridgehead atoms. The summed E-state index contributed by atoms with van der Waals surface area (Å²) in [6.45, 7) is 0.683. The van der Waals surface area contributed by atoms with Crippen LogP contribution in [0.3, 0.4) is 0 Å². The summed E-state index contributed by atoms with van der Waals surface area (Å²) in [5, 5.41) is 2.96. The van der Waals surface area contributed by atoms with E-state index in [1.54, 1.807) is 12.7 Å². The summed E-state index contributed by atoms with van der Waals surface area (Å²) in [7, 11) is 0. The van der Waals surface area contributed by atoms with Crippen molar-refractivity contribution in [1.82, 2.24) is 10.2 Å². The molecule has 0 radical (unpaired) electrons. The van der Waals surface area contributed by atoms with Gasteiger partial charge in [-0.15, -0.1) is 0 Å². The van der Waals surface area contributed by atoms with Gasteiger partial charge in [0, 0.05) is 6.20 Å². The van der Waals surface area contributed by atoms with Crippen LogP contribution in [0, 0.1) is 0 Å². The van der Waals surface area contributed by atoms with E-state index in [9.17, 15) is 0 Å². The van der Waals surface area contributed by atoms with Crippen molar-refractivity contribution in [3.63, 3.8) is 0 Å². The Bertz CT molecular complexity index is 203. The topological polar surface area (TPSA) is 49.9 Å². The molecule has 2 aliphatic rings. The second-order valence-corrected chi connectivity index (χ2v) is 1.85. The van der Waals surface area contributed by atoms with Gasteiger partial charge in [-0.2, -0.15) is 0 Å². The van der Waals surface area contributed by atoms with Crippen molar-refractivity contribution in [2.75, 3.05) is 6.67 Å². The Morgan fingerprint density at radius 3 is 3.11 bits per heavy atom. The van der Waals surface area contributed by atoms with Gasteiger partial charge in [-0.1, -0.05) is 0 Å². The van der Waals surface area contributed by atoms with Gasteiger partial charge in [0.2, 0.25) is 0 Å². The molecule has 0 unspecified atom stereocenters. The summed E-state index contributed by atoms with van der Waals surface area (Å²) in [5.41, 5.74) is 0. The molecule has 4 nitrogen and oxygen atoms in total. The highest BCUT2D eigenvalue weighted by Gasteiger charge is 2.14. The highest BCUT2D eigenvalue weighted by atomic mass is 15.4. The van der Waals surface area contributed by atoms with E-state index in [1.165, 1.54) is 0 Å². The zero-order valence-corrected chi connectivity index (χ0v) is 4.78. The SMILES string of the molecule is C1=NC=NCN1C1=CN1. The summed E-state index contributed by atoms with van der Waals surface area (Å²) in [6, 6.07) is 0. The third kappa shape index (κ3) is 0.782. The van der Waals surface area contributed by atoms with Gasteiger partial charge in [0.25, 0.3) is 0 Å². The van der Waals surface area contributed by atoms with E-state index in [4.69, 9.17) is 0 Å². The summed E-state index contributed by atoms with van der Waals surface area (Å²) < 4.78 is 0. The fourth-order valence-electron chi connectivity index (χ4n) is 0.655. The van der Waals surface area contributed by atoms with Gasteiger partial charge in [-0.3, -0.25) is 9.89 Å². The summed E-state index contributed by atoms with van der Waals surface area (Å²) >= 11 is 0. The molecule has 2 aliphatic heterocycles. The number of nitrogens with one attached hydrogen (secondary N) is 1. The minimum absolute atomic E-state index is 0.683. The molecule has 0 amide bonds. The molecule has 0 aliphatic carbocycles. The van der Waals surface area contributed by atoms with Crippen molar-refractivity contribution in [1.29, 1.82) is 0 Å². The number of hydrogen-bond donors (Lipinski definition) is 1. The van der Waals surface area contributed by atoms with Gasteiger partial charge in [0.15, 0.2) is 0 Å². The van der Waals surface area contributed by atoms with Gasteiger partial charge < -0.3 is 5.32 Å². The summed E-state index contributed by atoms with van der Waals surface area (Å²) in [4.78, 5) is 9.72. The molecule has 0 aromatic carbocycles. The summed E-state index contributed by atoms with van der Waals surface area (Å²) in [5.74, 6) is 1.09. The zero-order valence-electron chi connectivity index (χ0n) is 4.78. The first-order chi connectivity index (χ1) is 4.47. The predicted molar refractivity (Wildman–Crippen MR) is 34.9 cm³/mol. The van der Waals surface area contributed by atoms with Crippen LogP contribution in [-0.4, -0.2) is 24.2 Å². The van der Waals surface area contributed by atoms with Crippen LogP contribution in [0.1, 0.15) is 0 Å². The normalized spacial score (nSPS) is 21.3. The molecule has 2 rings (SSSR count). The van der Waals surface area contributed by atoms with Crippen molar-refractivity contribution < 1.29 is 0 Å². The lowest BCUT2D eigenvalue weighted by molar-refractivity contribution is 0.549. The maximum absolute atomic E-state index is 3.94. The second-order valence-electron chi connectivity index (χ2n) is 1.85. The fraction of sp³-hybridized carbons (Fsp3) is 0.200. The molecule has 0 atom stereocenters. The van der Waals surface area contributed by atoms with Crippen LogP contribution in [-0.2, 0) is 0 Å². The third-order valence-corrected chi connectivity index (χ3v) is 1.17. The Labute approximate surface area is 52.6 Å². The predicted octanol–water partition coefficient (Wildman–Crippen LogP) is -0.282. The highest BCUT2D eigenvalue weighted by molar-refractivity contribution is 5.74. The Balaban J connectivity index is 2.06. The first-order valence-electron chi connectivity index (χ1n) is 2.72. The lowest BCUT2D eigenvalue weighted by atomic mass is 10.7. The van der Waals surface area contributed by atoms with E-state index in [0.29, 0.717) is 6.67 Å². The lowest BCUT2D eigenvalue weighted by Crippen LogP contribution is -2.21. The zero-order chi connectivity index (χ0) is 6.10. The summed E-state index contributed by atoms with van der Waals surface area (Å²) in [6.07, 6.45) is 5.21. The molecule has 1 N–H and O–H groups in total. The Hall–Kier alpha value is -1.32. The molecule has 9 heavy (non-hydrogen) atoms. The van der Waals surface area contributed by atoms with E-state index in [1.807, 2.05) is 11.1 Å². The number of rotatable bonds is 1. The minimum Gasteiger partial charge on any atom is -0.343 e. The van der Waals surface area contributed by atoms with Crippen molar-refractivity contribution in [3.05, 3.63) is 12.0 Å². The quantitative estimate of drug-likeness (QED) is 0.520. The number of nitrogens with zero attached hydrogens (tertiary/aromatic N) is 3. The first kappa shape index (κ1) is 4.55. The van der Waals surface area contributed by atoms with Gasteiger partial charge in [-0.25, -0.2) is 4.99 Å². The number of aliphatic imine (C=N–C) groups is 2. The van der Waals surface area contributed by atoms with Crippen molar-refractivity contribution in [3.8, 4) is 0 Å². The average Bonchev–Trinajstić information content (AvgIpc) is 2.71. The van der Waals surface area contributed by atoms with E-state index in [2.05, 4.69) is 15.3 Å². The van der Waals surface area contributed by atoms with Crippen molar-refractivity contribution in [2.24, 2.45) is 9.98 Å². The molecule has 0 aromatic rings. The largest absolute Gasteiger partial charge is 0.343 e. The molecule has 0 saturated carbocycles. The maximum Gasteiger partial charge on any atom is 0.129 e. The average molecular weight is 122 g/mol. The van der Waals surface area contributed by atoms with E-state index in [0.717, 1.165) is 5.82 Å². The van der Waals surface area contributed by atoms with Crippen LogP contribution in [0.5, 0.6) is 0 Å². The molecule has 0 aromatic heterocycles. The molecule has 0 spiro atoms. The van der Waals surface area contributed by atoms with Crippen LogP contribution >= 0.6 is 0 Å². The Morgan fingerprint density at radius 2 is 2.56 bits per heavy atom. The van der Waals surface area contributed by atoms with Crippen molar-refractivity contribution in [2.45, 2.75) is 0 Å².